The van der Waals surface area contributed by atoms with Crippen LogP contribution in [0.3, 0.4) is 0 Å². The number of methoxy groups -OCH3 is 2. The average Bonchev–Trinajstić information content (AvgIpc) is 2.83. The largest absolute Gasteiger partial charge is 0.493 e. The average molecular weight is 538 g/mol. The van der Waals surface area contributed by atoms with E-state index in [0.29, 0.717) is 28.3 Å². The standard InChI is InChI=1S/C25H23BrF3NO4/c1-33-21-12-11-20(15-22(21)34-2)30(24(32)23(31)17-5-9-19(26)10-6-17)14-13-16-3-7-18(8-4-16)25(27,28)29/h3-12,15,23,31H,13-14H2,1-2H3. The number of halogens is 4. The third-order valence-corrected chi connectivity index (χ3v) is 5.80. The highest BCUT2D eigenvalue weighted by molar-refractivity contribution is 9.10. The summed E-state index contributed by atoms with van der Waals surface area (Å²) in [6.45, 7) is 0.118. The van der Waals surface area contributed by atoms with Crippen LogP contribution < -0.4 is 14.4 Å². The van der Waals surface area contributed by atoms with Gasteiger partial charge in [0.2, 0.25) is 0 Å². The van der Waals surface area contributed by atoms with E-state index < -0.39 is 23.8 Å². The number of hydrogen-bond acceptors (Lipinski definition) is 4. The zero-order valence-corrected chi connectivity index (χ0v) is 20.1. The van der Waals surface area contributed by atoms with Gasteiger partial charge < -0.3 is 19.5 Å². The highest BCUT2D eigenvalue weighted by Gasteiger charge is 2.30. The van der Waals surface area contributed by atoms with Gasteiger partial charge in [-0.1, -0.05) is 40.2 Å². The second-order valence-corrected chi connectivity index (χ2v) is 8.34. The summed E-state index contributed by atoms with van der Waals surface area (Å²) < 4.78 is 50.0. The summed E-state index contributed by atoms with van der Waals surface area (Å²) in [5.74, 6) is 0.279. The van der Waals surface area contributed by atoms with Crippen molar-refractivity contribution >= 4 is 27.5 Å². The maximum absolute atomic E-state index is 13.3. The molecule has 3 aromatic rings. The number of carbonyl (C=O) groups is 1. The number of carbonyl (C=O) groups excluding carboxylic acids is 1. The number of aliphatic hydroxyl groups is 1. The van der Waals surface area contributed by atoms with Crippen molar-refractivity contribution in [1.29, 1.82) is 0 Å². The smallest absolute Gasteiger partial charge is 0.416 e. The first-order chi connectivity index (χ1) is 16.1. The monoisotopic (exact) mass is 537 g/mol. The van der Waals surface area contributed by atoms with Crippen molar-refractivity contribution < 1.29 is 32.5 Å². The number of rotatable bonds is 8. The predicted molar refractivity (Wildman–Crippen MR) is 126 cm³/mol. The molecule has 0 heterocycles. The summed E-state index contributed by atoms with van der Waals surface area (Å²) in [4.78, 5) is 14.7. The number of alkyl halides is 3. The van der Waals surface area contributed by atoms with Crippen LogP contribution in [-0.4, -0.2) is 31.8 Å². The Kier molecular flexibility index (Phi) is 8.22. The van der Waals surface area contributed by atoms with Gasteiger partial charge in [-0.2, -0.15) is 13.2 Å². The van der Waals surface area contributed by atoms with Crippen molar-refractivity contribution in [2.45, 2.75) is 18.7 Å². The van der Waals surface area contributed by atoms with Crippen LogP contribution in [0.4, 0.5) is 18.9 Å². The normalized spacial score (nSPS) is 12.2. The van der Waals surface area contributed by atoms with Crippen LogP contribution in [0.25, 0.3) is 0 Å². The van der Waals surface area contributed by atoms with Crippen molar-refractivity contribution in [3.05, 3.63) is 87.9 Å². The molecule has 0 saturated heterocycles. The van der Waals surface area contributed by atoms with Gasteiger partial charge in [0.05, 0.1) is 19.8 Å². The van der Waals surface area contributed by atoms with E-state index in [0.717, 1.165) is 16.6 Å². The van der Waals surface area contributed by atoms with Crippen LogP contribution in [0.5, 0.6) is 11.5 Å². The van der Waals surface area contributed by atoms with E-state index in [-0.39, 0.29) is 13.0 Å². The molecule has 34 heavy (non-hydrogen) atoms. The van der Waals surface area contributed by atoms with E-state index in [9.17, 15) is 23.1 Å². The Labute approximate surface area is 203 Å². The number of ether oxygens (including phenoxy) is 2. The van der Waals surface area contributed by atoms with Crippen LogP contribution in [0.15, 0.2) is 71.2 Å². The predicted octanol–water partition coefficient (Wildman–Crippen LogP) is 5.79. The lowest BCUT2D eigenvalue weighted by Gasteiger charge is -2.26. The molecule has 9 heteroatoms. The molecule has 1 unspecified atom stereocenters. The van der Waals surface area contributed by atoms with Crippen molar-refractivity contribution in [3.63, 3.8) is 0 Å². The fourth-order valence-electron chi connectivity index (χ4n) is 3.40. The van der Waals surface area contributed by atoms with Gasteiger partial charge in [0.1, 0.15) is 0 Å². The maximum Gasteiger partial charge on any atom is 0.416 e. The zero-order chi connectivity index (χ0) is 24.9. The van der Waals surface area contributed by atoms with E-state index in [1.165, 1.54) is 31.3 Å². The second kappa shape index (κ2) is 10.9. The van der Waals surface area contributed by atoms with E-state index in [2.05, 4.69) is 15.9 Å². The molecule has 0 fully saturated rings. The highest BCUT2D eigenvalue weighted by atomic mass is 79.9. The first-order valence-corrected chi connectivity index (χ1v) is 11.1. The van der Waals surface area contributed by atoms with Gasteiger partial charge in [0, 0.05) is 22.8 Å². The minimum Gasteiger partial charge on any atom is -0.493 e. The lowest BCUT2D eigenvalue weighted by atomic mass is 10.1. The Morgan fingerprint density at radius 2 is 1.59 bits per heavy atom. The van der Waals surface area contributed by atoms with E-state index >= 15 is 0 Å². The molecule has 0 bridgehead atoms. The third-order valence-electron chi connectivity index (χ3n) is 5.27. The molecule has 0 aliphatic carbocycles. The van der Waals surface area contributed by atoms with Crippen LogP contribution in [0, 0.1) is 0 Å². The molecule has 3 rings (SSSR count). The molecule has 180 valence electrons. The SMILES string of the molecule is COc1ccc(N(CCc2ccc(C(F)(F)F)cc2)C(=O)C(O)c2ccc(Br)cc2)cc1OC. The van der Waals surface area contributed by atoms with Crippen molar-refractivity contribution in [3.8, 4) is 11.5 Å². The van der Waals surface area contributed by atoms with Gasteiger partial charge in [0.15, 0.2) is 17.6 Å². The molecule has 0 saturated carbocycles. The molecule has 1 N–H and O–H groups in total. The van der Waals surface area contributed by atoms with Crippen LogP contribution in [0.1, 0.15) is 22.8 Å². The molecule has 5 nitrogen and oxygen atoms in total. The molecule has 0 spiro atoms. The van der Waals surface area contributed by atoms with Crippen molar-refractivity contribution in [1.82, 2.24) is 0 Å². The van der Waals surface area contributed by atoms with Crippen LogP contribution >= 0.6 is 15.9 Å². The molecular weight excluding hydrogens is 515 g/mol. The Morgan fingerprint density at radius 1 is 0.971 bits per heavy atom. The fourth-order valence-corrected chi connectivity index (χ4v) is 3.66. The van der Waals surface area contributed by atoms with Gasteiger partial charge in [-0.3, -0.25) is 4.79 Å². The van der Waals surface area contributed by atoms with E-state index in [1.807, 2.05) is 0 Å². The first-order valence-electron chi connectivity index (χ1n) is 10.3. The number of anilines is 1. The molecule has 1 amide bonds. The summed E-state index contributed by atoms with van der Waals surface area (Å²) in [5, 5.41) is 10.8. The molecule has 0 aliphatic heterocycles. The summed E-state index contributed by atoms with van der Waals surface area (Å²) in [5.41, 5.74) is 0.734. The van der Waals surface area contributed by atoms with Crippen LogP contribution in [0.2, 0.25) is 0 Å². The Balaban J connectivity index is 1.90. The zero-order valence-electron chi connectivity index (χ0n) is 18.5. The summed E-state index contributed by atoms with van der Waals surface area (Å²) in [7, 11) is 2.95. The van der Waals surface area contributed by atoms with Crippen molar-refractivity contribution in [2.75, 3.05) is 25.7 Å². The molecular formula is C25H23BrF3NO4. The Bertz CT molecular complexity index is 1120. The number of nitrogens with zero attached hydrogens (tertiary/aromatic N) is 1. The molecule has 0 aliphatic rings. The minimum atomic E-state index is -4.42. The topological polar surface area (TPSA) is 59.0 Å². The third kappa shape index (κ3) is 6.09. The van der Waals surface area contributed by atoms with Crippen LogP contribution in [-0.2, 0) is 17.4 Å². The summed E-state index contributed by atoms with van der Waals surface area (Å²) >= 11 is 3.32. The van der Waals surface area contributed by atoms with Crippen molar-refractivity contribution in [2.24, 2.45) is 0 Å². The quantitative estimate of drug-likeness (QED) is 0.394. The number of aliphatic hydroxyl groups excluding tert-OH is 1. The minimum absolute atomic E-state index is 0.118. The van der Waals surface area contributed by atoms with Gasteiger partial charge in [0.25, 0.3) is 5.91 Å². The molecule has 3 aromatic carbocycles. The van der Waals surface area contributed by atoms with E-state index in [1.54, 1.807) is 42.5 Å². The highest BCUT2D eigenvalue weighted by Crippen LogP contribution is 2.33. The number of amides is 1. The van der Waals surface area contributed by atoms with E-state index in [4.69, 9.17) is 9.47 Å². The first kappa shape index (κ1) is 25.6. The Morgan fingerprint density at radius 3 is 2.15 bits per heavy atom. The molecule has 1 atom stereocenters. The fraction of sp³-hybridized carbons (Fsp3) is 0.240. The molecule has 0 radical (unpaired) electrons. The van der Waals surface area contributed by atoms with Gasteiger partial charge in [-0.15, -0.1) is 0 Å². The maximum atomic E-state index is 13.3. The second-order valence-electron chi connectivity index (χ2n) is 7.43. The molecule has 0 aromatic heterocycles. The number of hydrogen-bond donors (Lipinski definition) is 1. The summed E-state index contributed by atoms with van der Waals surface area (Å²) in [6, 6.07) is 16.4. The van der Waals surface area contributed by atoms with Gasteiger partial charge in [-0.25, -0.2) is 0 Å². The Hall–Kier alpha value is -3.04. The lowest BCUT2D eigenvalue weighted by molar-refractivity contribution is -0.137. The van der Waals surface area contributed by atoms with Gasteiger partial charge >= 0.3 is 6.18 Å². The number of benzene rings is 3. The summed E-state index contributed by atoms with van der Waals surface area (Å²) in [6.07, 6.45) is -5.59. The lowest BCUT2D eigenvalue weighted by Crippen LogP contribution is -2.37. The van der Waals surface area contributed by atoms with Gasteiger partial charge in [-0.05, 0) is 53.9 Å².